The molecular formula is C17H30N2O2S. The molecule has 1 aromatic heterocycles. The van der Waals surface area contributed by atoms with Gasteiger partial charge in [-0.3, -0.25) is 5.32 Å². The summed E-state index contributed by atoms with van der Waals surface area (Å²) in [5, 5.41) is 5.35. The normalized spacial score (nSPS) is 12.8. The Balaban J connectivity index is 2.52. The predicted molar refractivity (Wildman–Crippen MR) is 93.3 cm³/mol. The molecule has 1 atom stereocenters. The van der Waals surface area contributed by atoms with Gasteiger partial charge in [0.1, 0.15) is 6.04 Å². The Morgan fingerprint density at radius 2 is 2.09 bits per heavy atom. The van der Waals surface area contributed by atoms with Gasteiger partial charge in [-0.15, -0.1) is 11.3 Å². The van der Waals surface area contributed by atoms with Crippen molar-refractivity contribution < 1.29 is 9.53 Å². The first kappa shape index (κ1) is 19.1. The van der Waals surface area contributed by atoms with Crippen LogP contribution in [0.25, 0.3) is 0 Å². The summed E-state index contributed by atoms with van der Waals surface area (Å²) < 4.78 is 5.44. The van der Waals surface area contributed by atoms with Gasteiger partial charge in [-0.2, -0.15) is 0 Å². The molecule has 1 unspecified atom stereocenters. The lowest BCUT2D eigenvalue weighted by atomic mass is 10.1. The van der Waals surface area contributed by atoms with Crippen molar-refractivity contribution in [1.29, 1.82) is 0 Å². The monoisotopic (exact) mass is 326 g/mol. The summed E-state index contributed by atoms with van der Waals surface area (Å²) in [6.07, 6.45) is 0.905. The number of thiophene rings is 1. The number of hydrogen-bond donors (Lipinski definition) is 1. The largest absolute Gasteiger partial charge is 0.464 e. The highest BCUT2D eigenvalue weighted by Gasteiger charge is 2.22. The SMILES string of the molecule is CCN(CC)CCNC(C(=O)OCCC(C)C)c1cccs1. The van der Waals surface area contributed by atoms with Crippen molar-refractivity contribution in [2.24, 2.45) is 5.92 Å². The lowest BCUT2D eigenvalue weighted by molar-refractivity contribution is -0.146. The minimum Gasteiger partial charge on any atom is -0.464 e. The van der Waals surface area contributed by atoms with Crippen LogP contribution in [0.4, 0.5) is 0 Å². The molecule has 4 nitrogen and oxygen atoms in total. The standard InChI is InChI=1S/C17H30N2O2S/c1-5-19(6-2)11-10-18-16(15-8-7-13-22-15)17(20)21-12-9-14(3)4/h7-8,13-14,16,18H,5-6,9-12H2,1-4H3. The second-order valence-electron chi connectivity index (χ2n) is 5.78. The van der Waals surface area contributed by atoms with Crippen molar-refractivity contribution in [3.05, 3.63) is 22.4 Å². The van der Waals surface area contributed by atoms with E-state index >= 15 is 0 Å². The third kappa shape index (κ3) is 6.90. The number of ether oxygens (including phenoxy) is 1. The third-order valence-corrected chi connectivity index (χ3v) is 4.61. The van der Waals surface area contributed by atoms with Crippen LogP contribution in [0, 0.1) is 5.92 Å². The maximum absolute atomic E-state index is 12.3. The molecule has 0 saturated heterocycles. The maximum atomic E-state index is 12.3. The van der Waals surface area contributed by atoms with Crippen molar-refractivity contribution in [3.63, 3.8) is 0 Å². The Kier molecular flexibility index (Phi) is 9.36. The molecule has 5 heteroatoms. The first-order chi connectivity index (χ1) is 10.6. The number of carbonyl (C=O) groups excluding carboxylic acids is 1. The van der Waals surface area contributed by atoms with Crippen LogP contribution >= 0.6 is 11.3 Å². The van der Waals surface area contributed by atoms with Crippen LogP contribution in [0.5, 0.6) is 0 Å². The van der Waals surface area contributed by atoms with Crippen LogP contribution in [0.2, 0.25) is 0 Å². The van der Waals surface area contributed by atoms with Gasteiger partial charge in [-0.05, 0) is 36.9 Å². The fourth-order valence-corrected chi connectivity index (χ4v) is 2.93. The average molecular weight is 327 g/mol. The molecule has 1 N–H and O–H groups in total. The van der Waals surface area contributed by atoms with E-state index in [0.29, 0.717) is 12.5 Å². The zero-order valence-electron chi connectivity index (χ0n) is 14.3. The van der Waals surface area contributed by atoms with Gasteiger partial charge in [0, 0.05) is 18.0 Å². The van der Waals surface area contributed by atoms with E-state index in [9.17, 15) is 4.79 Å². The number of hydrogen-bond acceptors (Lipinski definition) is 5. The van der Waals surface area contributed by atoms with E-state index < -0.39 is 0 Å². The Hall–Kier alpha value is -0.910. The molecule has 0 aromatic carbocycles. The van der Waals surface area contributed by atoms with Crippen molar-refractivity contribution in [2.75, 3.05) is 32.8 Å². The zero-order valence-corrected chi connectivity index (χ0v) is 15.1. The molecule has 1 heterocycles. The number of likely N-dealkylation sites (N-methyl/N-ethyl adjacent to an activating group) is 1. The van der Waals surface area contributed by atoms with Gasteiger partial charge in [-0.25, -0.2) is 4.79 Å². The first-order valence-corrected chi connectivity index (χ1v) is 9.12. The molecule has 0 aliphatic rings. The topological polar surface area (TPSA) is 41.6 Å². The fraction of sp³-hybridized carbons (Fsp3) is 0.706. The molecule has 126 valence electrons. The van der Waals surface area contributed by atoms with E-state index in [0.717, 1.165) is 37.5 Å². The second-order valence-corrected chi connectivity index (χ2v) is 6.76. The molecule has 0 spiro atoms. The van der Waals surface area contributed by atoms with E-state index in [1.54, 1.807) is 11.3 Å². The maximum Gasteiger partial charge on any atom is 0.328 e. The van der Waals surface area contributed by atoms with Crippen molar-refractivity contribution in [3.8, 4) is 0 Å². The number of carbonyl (C=O) groups is 1. The van der Waals surface area contributed by atoms with E-state index in [1.807, 2.05) is 17.5 Å². The van der Waals surface area contributed by atoms with Crippen LogP contribution in [-0.2, 0) is 9.53 Å². The lowest BCUT2D eigenvalue weighted by Crippen LogP contribution is -2.36. The number of esters is 1. The molecule has 0 bridgehead atoms. The molecule has 0 radical (unpaired) electrons. The number of rotatable bonds is 11. The summed E-state index contributed by atoms with van der Waals surface area (Å²) in [6.45, 7) is 12.8. The van der Waals surface area contributed by atoms with Crippen LogP contribution < -0.4 is 5.32 Å². The summed E-state index contributed by atoms with van der Waals surface area (Å²) in [6, 6.07) is 3.62. The number of nitrogens with zero attached hydrogens (tertiary/aromatic N) is 1. The third-order valence-electron chi connectivity index (χ3n) is 3.67. The van der Waals surface area contributed by atoms with E-state index in [4.69, 9.17) is 4.74 Å². The molecule has 0 aliphatic heterocycles. The molecular weight excluding hydrogens is 296 g/mol. The smallest absolute Gasteiger partial charge is 0.328 e. The van der Waals surface area contributed by atoms with E-state index in [-0.39, 0.29) is 12.0 Å². The summed E-state index contributed by atoms with van der Waals surface area (Å²) in [5.41, 5.74) is 0. The van der Waals surface area contributed by atoms with Gasteiger partial charge >= 0.3 is 5.97 Å². The van der Waals surface area contributed by atoms with Gasteiger partial charge in [0.2, 0.25) is 0 Å². The van der Waals surface area contributed by atoms with E-state index in [1.165, 1.54) is 0 Å². The van der Waals surface area contributed by atoms with Crippen LogP contribution in [0.15, 0.2) is 17.5 Å². The summed E-state index contributed by atoms with van der Waals surface area (Å²) in [4.78, 5) is 15.7. The summed E-state index contributed by atoms with van der Waals surface area (Å²) >= 11 is 1.59. The average Bonchev–Trinajstić information content (AvgIpc) is 3.01. The molecule has 0 saturated carbocycles. The minimum absolute atomic E-state index is 0.164. The molecule has 1 rings (SSSR count). The van der Waals surface area contributed by atoms with Crippen molar-refractivity contribution in [1.82, 2.24) is 10.2 Å². The minimum atomic E-state index is -0.345. The molecule has 0 fully saturated rings. The zero-order chi connectivity index (χ0) is 16.4. The van der Waals surface area contributed by atoms with Crippen molar-refractivity contribution in [2.45, 2.75) is 40.2 Å². The number of nitrogens with one attached hydrogen (secondary N) is 1. The highest BCUT2D eigenvalue weighted by molar-refractivity contribution is 7.10. The molecule has 0 amide bonds. The van der Waals surface area contributed by atoms with Gasteiger partial charge < -0.3 is 9.64 Å². The van der Waals surface area contributed by atoms with Gasteiger partial charge in [0.25, 0.3) is 0 Å². The quantitative estimate of drug-likeness (QED) is 0.634. The molecule has 22 heavy (non-hydrogen) atoms. The summed E-state index contributed by atoms with van der Waals surface area (Å²) in [7, 11) is 0. The fourth-order valence-electron chi connectivity index (χ4n) is 2.14. The van der Waals surface area contributed by atoms with Gasteiger partial charge in [0.05, 0.1) is 6.61 Å². The highest BCUT2D eigenvalue weighted by Crippen LogP contribution is 2.20. The Labute approximate surface area is 138 Å². The van der Waals surface area contributed by atoms with Crippen LogP contribution in [0.3, 0.4) is 0 Å². The summed E-state index contributed by atoms with van der Waals surface area (Å²) in [5.74, 6) is 0.381. The Morgan fingerprint density at radius 3 is 2.64 bits per heavy atom. The van der Waals surface area contributed by atoms with Gasteiger partial charge in [0.15, 0.2) is 0 Å². The predicted octanol–water partition coefficient (Wildman–Crippen LogP) is 3.31. The highest BCUT2D eigenvalue weighted by atomic mass is 32.1. The molecule has 1 aromatic rings. The van der Waals surface area contributed by atoms with E-state index in [2.05, 4.69) is 37.9 Å². The second kappa shape index (κ2) is 10.8. The van der Waals surface area contributed by atoms with Crippen LogP contribution in [0.1, 0.15) is 45.0 Å². The van der Waals surface area contributed by atoms with Crippen LogP contribution in [-0.4, -0.2) is 43.7 Å². The molecule has 0 aliphatic carbocycles. The first-order valence-electron chi connectivity index (χ1n) is 8.24. The lowest BCUT2D eigenvalue weighted by Gasteiger charge is -2.21. The van der Waals surface area contributed by atoms with Gasteiger partial charge in [-0.1, -0.05) is 33.8 Å². The Morgan fingerprint density at radius 1 is 1.36 bits per heavy atom. The van der Waals surface area contributed by atoms with Crippen molar-refractivity contribution >= 4 is 17.3 Å². The Bertz CT molecular complexity index is 403.